The summed E-state index contributed by atoms with van der Waals surface area (Å²) >= 11 is 0. The summed E-state index contributed by atoms with van der Waals surface area (Å²) in [7, 11) is 0. The molecule has 17 heavy (non-hydrogen) atoms. The zero-order valence-corrected chi connectivity index (χ0v) is 10.1. The number of rotatable bonds is 5. The first kappa shape index (κ1) is 12.2. The largest absolute Gasteiger partial charge is 0.409 e. The van der Waals surface area contributed by atoms with Crippen LogP contribution >= 0.6 is 0 Å². The van der Waals surface area contributed by atoms with E-state index in [-0.39, 0.29) is 18.3 Å². The Balaban J connectivity index is 1.96. The second-order valence-electron chi connectivity index (χ2n) is 5.20. The van der Waals surface area contributed by atoms with Crippen LogP contribution in [0, 0.1) is 5.92 Å². The monoisotopic (exact) mass is 239 g/mol. The number of amidine groups is 1. The maximum atomic E-state index is 12.2. The van der Waals surface area contributed by atoms with Crippen molar-refractivity contribution in [3.05, 3.63) is 0 Å². The summed E-state index contributed by atoms with van der Waals surface area (Å²) in [5, 5.41) is 11.6. The zero-order chi connectivity index (χ0) is 12.3. The number of hydrogen-bond acceptors (Lipinski definition) is 3. The third-order valence-electron chi connectivity index (χ3n) is 3.71. The second kappa shape index (κ2) is 5.38. The molecule has 2 aliphatic rings. The number of nitrogens with two attached hydrogens (primary N) is 1. The molecule has 0 aromatic heterocycles. The van der Waals surface area contributed by atoms with Gasteiger partial charge in [-0.3, -0.25) is 4.79 Å². The van der Waals surface area contributed by atoms with E-state index in [0.29, 0.717) is 18.4 Å². The number of amides is 1. The van der Waals surface area contributed by atoms with Gasteiger partial charge in [-0.2, -0.15) is 0 Å². The van der Waals surface area contributed by atoms with E-state index in [0.717, 1.165) is 12.8 Å². The summed E-state index contributed by atoms with van der Waals surface area (Å²) < 4.78 is 0. The Labute approximate surface area is 102 Å². The molecule has 96 valence electrons. The molecule has 2 aliphatic carbocycles. The Morgan fingerprint density at radius 1 is 1.29 bits per heavy atom. The summed E-state index contributed by atoms with van der Waals surface area (Å²) in [6.45, 7) is 0.271. The van der Waals surface area contributed by atoms with Crippen LogP contribution in [0.1, 0.15) is 44.9 Å². The molecule has 0 aromatic carbocycles. The van der Waals surface area contributed by atoms with E-state index in [1.54, 1.807) is 0 Å². The number of oxime groups is 1. The van der Waals surface area contributed by atoms with Gasteiger partial charge in [0.05, 0.1) is 6.54 Å². The first-order valence-electron chi connectivity index (χ1n) is 6.46. The van der Waals surface area contributed by atoms with Gasteiger partial charge in [-0.15, -0.1) is 0 Å². The molecule has 0 heterocycles. The predicted molar refractivity (Wildman–Crippen MR) is 64.7 cm³/mol. The van der Waals surface area contributed by atoms with Crippen molar-refractivity contribution in [1.29, 1.82) is 0 Å². The van der Waals surface area contributed by atoms with Gasteiger partial charge >= 0.3 is 0 Å². The molecule has 3 N–H and O–H groups in total. The summed E-state index contributed by atoms with van der Waals surface area (Å²) in [5.74, 6) is 0.880. The molecule has 2 rings (SSSR count). The maximum absolute atomic E-state index is 12.2. The minimum Gasteiger partial charge on any atom is -0.409 e. The molecule has 0 aromatic rings. The molecule has 5 heteroatoms. The minimum atomic E-state index is 0.126. The maximum Gasteiger partial charge on any atom is 0.223 e. The summed E-state index contributed by atoms with van der Waals surface area (Å²) in [5.41, 5.74) is 5.53. The molecular weight excluding hydrogens is 218 g/mol. The standard InChI is InChI=1S/C12H21N3O2/c13-11(14-17)8-15(10-3-1-2-4-10)12(16)7-9-5-6-9/h9-10,17H,1-8H2,(H2,13,14). The molecule has 2 fully saturated rings. The van der Waals surface area contributed by atoms with E-state index < -0.39 is 0 Å². The third-order valence-corrected chi connectivity index (χ3v) is 3.71. The van der Waals surface area contributed by atoms with Gasteiger partial charge in [0, 0.05) is 12.5 Å². The Morgan fingerprint density at radius 2 is 1.94 bits per heavy atom. The number of carbonyl (C=O) groups is 1. The van der Waals surface area contributed by atoms with Crippen LogP contribution in [0.2, 0.25) is 0 Å². The van der Waals surface area contributed by atoms with E-state index in [1.165, 1.54) is 25.7 Å². The van der Waals surface area contributed by atoms with Crippen LogP contribution in [0.15, 0.2) is 5.16 Å². The number of carbonyl (C=O) groups excluding carboxylic acids is 1. The molecule has 0 radical (unpaired) electrons. The van der Waals surface area contributed by atoms with Crippen LogP contribution in [0.3, 0.4) is 0 Å². The molecule has 0 unspecified atom stereocenters. The van der Waals surface area contributed by atoms with E-state index in [4.69, 9.17) is 10.9 Å². The highest BCUT2D eigenvalue weighted by Gasteiger charge is 2.31. The quantitative estimate of drug-likeness (QED) is 0.328. The average Bonchev–Trinajstić information content (AvgIpc) is 2.97. The fourth-order valence-corrected chi connectivity index (χ4v) is 2.53. The predicted octanol–water partition coefficient (Wildman–Crippen LogP) is 1.30. The lowest BCUT2D eigenvalue weighted by atomic mass is 10.1. The third kappa shape index (κ3) is 3.35. The van der Waals surface area contributed by atoms with Crippen molar-refractivity contribution in [2.75, 3.05) is 6.54 Å². The Morgan fingerprint density at radius 3 is 2.47 bits per heavy atom. The van der Waals surface area contributed by atoms with Crippen molar-refractivity contribution in [2.45, 2.75) is 51.0 Å². The molecule has 0 atom stereocenters. The normalized spacial score (nSPS) is 21.8. The van der Waals surface area contributed by atoms with Crippen LogP contribution in [-0.4, -0.2) is 34.4 Å². The first-order chi connectivity index (χ1) is 8.20. The highest BCUT2D eigenvalue weighted by molar-refractivity contribution is 5.87. The van der Waals surface area contributed by atoms with Gasteiger partial charge < -0.3 is 15.8 Å². The Kier molecular flexibility index (Phi) is 3.86. The van der Waals surface area contributed by atoms with Crippen molar-refractivity contribution in [2.24, 2.45) is 16.8 Å². The van der Waals surface area contributed by atoms with E-state index in [2.05, 4.69) is 5.16 Å². The van der Waals surface area contributed by atoms with Crippen molar-refractivity contribution in [3.63, 3.8) is 0 Å². The molecule has 1 amide bonds. The smallest absolute Gasteiger partial charge is 0.223 e. The van der Waals surface area contributed by atoms with Gasteiger partial charge in [0.2, 0.25) is 5.91 Å². The minimum absolute atomic E-state index is 0.126. The lowest BCUT2D eigenvalue weighted by Crippen LogP contribution is -2.44. The topological polar surface area (TPSA) is 78.9 Å². The number of hydrogen-bond donors (Lipinski definition) is 2. The Hall–Kier alpha value is -1.26. The molecular formula is C12H21N3O2. The lowest BCUT2D eigenvalue weighted by molar-refractivity contribution is -0.133. The van der Waals surface area contributed by atoms with Crippen LogP contribution in [0.4, 0.5) is 0 Å². The summed E-state index contributed by atoms with van der Waals surface area (Å²) in [4.78, 5) is 14.0. The average molecular weight is 239 g/mol. The van der Waals surface area contributed by atoms with E-state index in [9.17, 15) is 4.79 Å². The molecule has 0 saturated heterocycles. The first-order valence-corrected chi connectivity index (χ1v) is 6.46. The fourth-order valence-electron chi connectivity index (χ4n) is 2.53. The lowest BCUT2D eigenvalue weighted by Gasteiger charge is -2.28. The van der Waals surface area contributed by atoms with Crippen molar-refractivity contribution in [3.8, 4) is 0 Å². The van der Waals surface area contributed by atoms with E-state index in [1.807, 2.05) is 4.90 Å². The van der Waals surface area contributed by atoms with Gasteiger partial charge in [-0.05, 0) is 31.6 Å². The molecule has 0 bridgehead atoms. The second-order valence-corrected chi connectivity index (χ2v) is 5.20. The zero-order valence-electron chi connectivity index (χ0n) is 10.1. The summed E-state index contributed by atoms with van der Waals surface area (Å²) in [6, 6.07) is 0.293. The Bertz CT molecular complexity index is 307. The van der Waals surface area contributed by atoms with Crippen molar-refractivity contribution < 1.29 is 10.0 Å². The van der Waals surface area contributed by atoms with Crippen LogP contribution in [0.25, 0.3) is 0 Å². The van der Waals surface area contributed by atoms with Crippen molar-refractivity contribution >= 4 is 11.7 Å². The highest BCUT2D eigenvalue weighted by atomic mass is 16.4. The SMILES string of the molecule is NC(CN(C(=O)CC1CC1)C1CCCC1)=NO. The van der Waals surface area contributed by atoms with Crippen molar-refractivity contribution in [1.82, 2.24) is 4.90 Å². The fraction of sp³-hybridized carbons (Fsp3) is 0.833. The van der Waals surface area contributed by atoms with Crippen LogP contribution in [-0.2, 0) is 4.79 Å². The van der Waals surface area contributed by atoms with Crippen LogP contribution < -0.4 is 5.73 Å². The van der Waals surface area contributed by atoms with Gasteiger partial charge in [0.1, 0.15) is 0 Å². The highest BCUT2D eigenvalue weighted by Crippen LogP contribution is 2.34. The molecule has 0 aliphatic heterocycles. The summed E-state index contributed by atoms with van der Waals surface area (Å²) in [6.07, 6.45) is 7.43. The van der Waals surface area contributed by atoms with Crippen LogP contribution in [0.5, 0.6) is 0 Å². The number of nitrogens with zero attached hydrogens (tertiary/aromatic N) is 2. The van der Waals surface area contributed by atoms with E-state index >= 15 is 0 Å². The molecule has 2 saturated carbocycles. The molecule has 0 spiro atoms. The molecule has 5 nitrogen and oxygen atoms in total. The van der Waals surface area contributed by atoms with Gasteiger partial charge in [0.25, 0.3) is 0 Å². The van der Waals surface area contributed by atoms with Gasteiger partial charge in [-0.25, -0.2) is 0 Å². The van der Waals surface area contributed by atoms with Gasteiger partial charge in [0.15, 0.2) is 5.84 Å². The van der Waals surface area contributed by atoms with Gasteiger partial charge in [-0.1, -0.05) is 18.0 Å².